The van der Waals surface area contributed by atoms with Crippen LogP contribution < -0.4 is 21.1 Å². The molecule has 2 heterocycles. The lowest BCUT2D eigenvalue weighted by atomic mass is 10.2. The molecule has 0 radical (unpaired) electrons. The Bertz CT molecular complexity index is 1240. The summed E-state index contributed by atoms with van der Waals surface area (Å²) in [6, 6.07) is 16.1. The molecule has 2 aromatic carbocycles. The first-order valence-electron chi connectivity index (χ1n) is 8.91. The predicted molar refractivity (Wildman–Crippen MR) is 117 cm³/mol. The molecule has 150 valence electrons. The van der Waals surface area contributed by atoms with E-state index in [1.807, 2.05) is 30.3 Å². The Morgan fingerprint density at radius 3 is 2.63 bits per heavy atom. The molecule has 0 spiro atoms. The van der Waals surface area contributed by atoms with Gasteiger partial charge >= 0.3 is 0 Å². The highest BCUT2D eigenvalue weighted by Gasteiger charge is 2.19. The second kappa shape index (κ2) is 8.18. The van der Waals surface area contributed by atoms with Crippen molar-refractivity contribution < 1.29 is 14.3 Å². The van der Waals surface area contributed by atoms with E-state index in [0.29, 0.717) is 16.4 Å². The van der Waals surface area contributed by atoms with Crippen LogP contribution in [0.15, 0.2) is 60.8 Å². The van der Waals surface area contributed by atoms with Crippen LogP contribution in [0, 0.1) is 0 Å². The van der Waals surface area contributed by atoms with Gasteiger partial charge < -0.3 is 21.1 Å². The number of carbonyl (C=O) groups is 2. The number of aromatic nitrogens is 2. The summed E-state index contributed by atoms with van der Waals surface area (Å²) in [6.45, 7) is 0. The number of anilines is 3. The van der Waals surface area contributed by atoms with E-state index in [4.69, 9.17) is 10.5 Å². The number of amides is 2. The number of nitrogens with two attached hydrogens (primary N) is 1. The molecule has 0 saturated heterocycles. The van der Waals surface area contributed by atoms with Crippen LogP contribution in [0.5, 0.6) is 5.75 Å². The molecule has 4 N–H and O–H groups in total. The first kappa shape index (κ1) is 19.3. The highest BCUT2D eigenvalue weighted by Crippen LogP contribution is 2.31. The largest absolute Gasteiger partial charge is 0.497 e. The zero-order valence-corrected chi connectivity index (χ0v) is 16.7. The Balaban J connectivity index is 1.57. The van der Waals surface area contributed by atoms with E-state index in [1.165, 1.54) is 0 Å². The Morgan fingerprint density at radius 2 is 1.90 bits per heavy atom. The van der Waals surface area contributed by atoms with Gasteiger partial charge in [0.2, 0.25) is 0 Å². The average molecular weight is 419 g/mol. The topological polar surface area (TPSA) is 119 Å². The maximum absolute atomic E-state index is 12.6. The molecule has 4 rings (SSSR count). The quantitative estimate of drug-likeness (QED) is 0.437. The van der Waals surface area contributed by atoms with Gasteiger partial charge in [-0.2, -0.15) is 0 Å². The van der Waals surface area contributed by atoms with E-state index in [9.17, 15) is 9.59 Å². The summed E-state index contributed by atoms with van der Waals surface area (Å²) in [5, 5.41) is 7.51. The van der Waals surface area contributed by atoms with Crippen LogP contribution in [0.1, 0.15) is 20.8 Å². The van der Waals surface area contributed by atoms with Gasteiger partial charge in [0, 0.05) is 22.8 Å². The van der Waals surface area contributed by atoms with Crippen molar-refractivity contribution in [2.75, 3.05) is 17.7 Å². The molecule has 0 aliphatic carbocycles. The van der Waals surface area contributed by atoms with Gasteiger partial charge in [-0.25, -0.2) is 4.98 Å². The molecule has 2 amide bonds. The number of primary amides is 1. The fourth-order valence-corrected chi connectivity index (χ4v) is 3.71. The number of carbonyl (C=O) groups excluding carboxylic acids is 2. The third-order valence-corrected chi connectivity index (χ3v) is 5.18. The number of nitrogens with zero attached hydrogens (tertiary/aromatic N) is 2. The number of hydrogen-bond acceptors (Lipinski definition) is 7. The molecule has 2 aromatic heterocycles. The van der Waals surface area contributed by atoms with Crippen molar-refractivity contribution in [3.8, 4) is 5.75 Å². The number of nitrogens with one attached hydrogen (secondary N) is 2. The fraction of sp³-hybridized carbons (Fsp3) is 0.0476. The number of benzene rings is 2. The van der Waals surface area contributed by atoms with Crippen LogP contribution in [0.25, 0.3) is 10.9 Å². The monoisotopic (exact) mass is 419 g/mol. The Hall–Kier alpha value is -3.98. The number of pyridine rings is 1. The second-order valence-corrected chi connectivity index (χ2v) is 7.28. The number of thiazole rings is 1. The lowest BCUT2D eigenvalue weighted by molar-refractivity contribution is 0.0997. The van der Waals surface area contributed by atoms with E-state index in [-0.39, 0.29) is 16.6 Å². The lowest BCUT2D eigenvalue weighted by Crippen LogP contribution is -2.17. The minimum Gasteiger partial charge on any atom is -0.497 e. The summed E-state index contributed by atoms with van der Waals surface area (Å²) in [5.74, 6) is -0.474. The maximum Gasteiger partial charge on any atom is 0.270 e. The van der Waals surface area contributed by atoms with E-state index < -0.39 is 5.91 Å². The number of fused-ring (bicyclic) bond motifs is 1. The zero-order valence-electron chi connectivity index (χ0n) is 15.9. The molecule has 0 saturated carbocycles. The smallest absolute Gasteiger partial charge is 0.270 e. The summed E-state index contributed by atoms with van der Waals surface area (Å²) in [5.41, 5.74) is 7.49. The van der Waals surface area contributed by atoms with Gasteiger partial charge in [-0.15, -0.1) is 0 Å². The Kier molecular flexibility index (Phi) is 5.27. The summed E-state index contributed by atoms with van der Waals surface area (Å²) < 4.78 is 5.09. The number of ether oxygens (including phenoxy) is 1. The highest BCUT2D eigenvalue weighted by molar-refractivity contribution is 7.20. The van der Waals surface area contributed by atoms with Crippen molar-refractivity contribution in [1.29, 1.82) is 0 Å². The molecular weight excluding hydrogens is 402 g/mol. The minimum atomic E-state index is -0.730. The van der Waals surface area contributed by atoms with Crippen LogP contribution in [-0.2, 0) is 0 Å². The maximum atomic E-state index is 12.6. The SMILES string of the molecule is COc1ccc(C(=O)Nc2sc(Nc3ccc4ncccc4c3)nc2C(N)=O)cc1. The number of methoxy groups -OCH3 is 1. The molecule has 4 aromatic rings. The molecule has 0 unspecified atom stereocenters. The van der Waals surface area contributed by atoms with Crippen molar-refractivity contribution >= 4 is 49.9 Å². The van der Waals surface area contributed by atoms with Crippen molar-refractivity contribution in [3.63, 3.8) is 0 Å². The van der Waals surface area contributed by atoms with Crippen molar-refractivity contribution in [3.05, 3.63) is 72.1 Å². The average Bonchev–Trinajstić information content (AvgIpc) is 3.16. The fourth-order valence-electron chi connectivity index (χ4n) is 2.82. The van der Waals surface area contributed by atoms with Crippen molar-refractivity contribution in [2.45, 2.75) is 0 Å². The molecule has 0 aliphatic heterocycles. The Morgan fingerprint density at radius 1 is 1.10 bits per heavy atom. The van der Waals surface area contributed by atoms with Crippen LogP contribution in [0.2, 0.25) is 0 Å². The normalized spacial score (nSPS) is 10.6. The zero-order chi connectivity index (χ0) is 21.1. The summed E-state index contributed by atoms with van der Waals surface area (Å²) >= 11 is 1.12. The lowest BCUT2D eigenvalue weighted by Gasteiger charge is -2.05. The predicted octanol–water partition coefficient (Wildman–Crippen LogP) is 3.79. The molecule has 0 atom stereocenters. The van der Waals surface area contributed by atoms with E-state index in [0.717, 1.165) is 27.9 Å². The van der Waals surface area contributed by atoms with Crippen LogP contribution in [-0.4, -0.2) is 28.9 Å². The van der Waals surface area contributed by atoms with Crippen LogP contribution in [0.4, 0.5) is 15.8 Å². The number of hydrogen-bond donors (Lipinski definition) is 3. The summed E-state index contributed by atoms with van der Waals surface area (Å²) in [4.78, 5) is 32.9. The van der Waals surface area contributed by atoms with Crippen LogP contribution in [0.3, 0.4) is 0 Å². The van der Waals surface area contributed by atoms with Crippen molar-refractivity contribution in [1.82, 2.24) is 9.97 Å². The third-order valence-electron chi connectivity index (χ3n) is 4.29. The van der Waals surface area contributed by atoms with Gasteiger partial charge in [0.1, 0.15) is 10.8 Å². The molecule has 0 aliphatic rings. The molecule has 8 nitrogen and oxygen atoms in total. The standard InChI is InChI=1S/C21H17N5O3S/c1-29-15-7-4-12(5-8-15)19(28)26-20-17(18(22)27)25-21(30-20)24-14-6-9-16-13(11-14)3-2-10-23-16/h2-11H,1H3,(H2,22,27)(H,24,25)(H,26,28). The first-order valence-corrected chi connectivity index (χ1v) is 9.73. The van der Waals surface area contributed by atoms with Gasteiger partial charge in [0.15, 0.2) is 10.8 Å². The summed E-state index contributed by atoms with van der Waals surface area (Å²) in [6.07, 6.45) is 1.73. The minimum absolute atomic E-state index is 0.00758. The van der Waals surface area contributed by atoms with Crippen molar-refractivity contribution in [2.24, 2.45) is 5.73 Å². The van der Waals surface area contributed by atoms with Gasteiger partial charge in [-0.1, -0.05) is 17.4 Å². The van der Waals surface area contributed by atoms with Gasteiger partial charge in [-0.05, 0) is 48.5 Å². The molecule has 0 fully saturated rings. The number of rotatable bonds is 6. The highest BCUT2D eigenvalue weighted by atomic mass is 32.1. The van der Waals surface area contributed by atoms with E-state index in [2.05, 4.69) is 20.6 Å². The summed E-state index contributed by atoms with van der Waals surface area (Å²) in [7, 11) is 1.55. The van der Waals surface area contributed by atoms with Gasteiger partial charge in [0.25, 0.3) is 11.8 Å². The molecule has 30 heavy (non-hydrogen) atoms. The van der Waals surface area contributed by atoms with E-state index >= 15 is 0 Å². The van der Waals surface area contributed by atoms with Gasteiger partial charge in [-0.3, -0.25) is 14.6 Å². The molecule has 0 bridgehead atoms. The second-order valence-electron chi connectivity index (χ2n) is 6.28. The van der Waals surface area contributed by atoms with Crippen LogP contribution >= 0.6 is 11.3 Å². The third kappa shape index (κ3) is 4.06. The first-order chi connectivity index (χ1) is 14.5. The van der Waals surface area contributed by atoms with Gasteiger partial charge in [0.05, 0.1) is 12.6 Å². The van der Waals surface area contributed by atoms with E-state index in [1.54, 1.807) is 37.6 Å². The molecule has 9 heteroatoms. The molecular formula is C21H17N5O3S. The Labute approximate surface area is 175 Å².